The summed E-state index contributed by atoms with van der Waals surface area (Å²) in [5.74, 6) is -1.27. The lowest BCUT2D eigenvalue weighted by atomic mass is 9.74. The maximum atomic E-state index is 12.4. The van der Waals surface area contributed by atoms with Gasteiger partial charge in [0.15, 0.2) is 12.2 Å². The molecule has 0 amide bonds. The lowest BCUT2D eigenvalue weighted by Gasteiger charge is -2.36. The van der Waals surface area contributed by atoms with Gasteiger partial charge in [0.25, 0.3) is 0 Å². The van der Waals surface area contributed by atoms with Gasteiger partial charge in [0.05, 0.1) is 23.4 Å². The predicted molar refractivity (Wildman–Crippen MR) is 104 cm³/mol. The molecule has 3 unspecified atom stereocenters. The third kappa shape index (κ3) is 5.28. The van der Waals surface area contributed by atoms with Crippen LogP contribution in [0.4, 0.5) is 0 Å². The molecule has 2 heterocycles. The van der Waals surface area contributed by atoms with E-state index in [4.69, 9.17) is 28.1 Å². The van der Waals surface area contributed by atoms with Crippen molar-refractivity contribution in [1.82, 2.24) is 0 Å². The summed E-state index contributed by atoms with van der Waals surface area (Å²) in [6.07, 6.45) is -1.98. The van der Waals surface area contributed by atoms with Crippen molar-refractivity contribution >= 4 is 26.2 Å². The molecule has 2 aliphatic heterocycles. The van der Waals surface area contributed by atoms with E-state index in [0.717, 1.165) is 0 Å². The van der Waals surface area contributed by atoms with Crippen LogP contribution in [0.5, 0.6) is 0 Å². The first-order chi connectivity index (χ1) is 12.8. The van der Waals surface area contributed by atoms with Crippen LogP contribution in [0.1, 0.15) is 54.9 Å². The third-order valence-corrected chi connectivity index (χ3v) is 5.06. The maximum absolute atomic E-state index is 12.4. The number of esters is 2. The van der Waals surface area contributed by atoms with Gasteiger partial charge in [-0.1, -0.05) is 0 Å². The summed E-state index contributed by atoms with van der Waals surface area (Å²) in [5.41, 5.74) is -1.04. The van der Waals surface area contributed by atoms with Crippen molar-refractivity contribution in [2.45, 2.75) is 104 Å². The summed E-state index contributed by atoms with van der Waals surface area (Å²) in [5, 5.41) is 0. The molecule has 0 aromatic heterocycles. The van der Waals surface area contributed by atoms with E-state index in [2.05, 4.69) is 0 Å². The van der Waals surface area contributed by atoms with Gasteiger partial charge in [-0.2, -0.15) is 0 Å². The highest BCUT2D eigenvalue weighted by Crippen LogP contribution is 2.41. The van der Waals surface area contributed by atoms with Crippen molar-refractivity contribution in [3.05, 3.63) is 0 Å². The Morgan fingerprint density at radius 3 is 1.75 bits per heavy atom. The second kappa shape index (κ2) is 8.73. The summed E-state index contributed by atoms with van der Waals surface area (Å²) in [6.45, 7) is 14.7. The number of hydrogen-bond acceptors (Lipinski definition) is 8. The van der Waals surface area contributed by atoms with Gasteiger partial charge >= 0.3 is 26.2 Å². The lowest BCUT2D eigenvalue weighted by Crippen LogP contribution is -2.45. The standard InChI is InChI=1S/C18H32B2O8/c1-11(2)23-15(21)13-14(16(22)24-12(3)4)26-20(25-13)10-9-18(7)17(5,6)27-19(8)28-18/h11-14H,9-10H2,1-8H3. The zero-order valence-corrected chi connectivity index (χ0v) is 18.1. The van der Waals surface area contributed by atoms with Crippen LogP contribution in [-0.2, 0) is 37.7 Å². The van der Waals surface area contributed by atoms with E-state index in [9.17, 15) is 9.59 Å². The fourth-order valence-electron chi connectivity index (χ4n) is 3.42. The highest BCUT2D eigenvalue weighted by molar-refractivity contribution is 6.46. The number of hydrogen-bond donors (Lipinski definition) is 0. The molecule has 158 valence electrons. The van der Waals surface area contributed by atoms with E-state index in [1.807, 2.05) is 27.6 Å². The van der Waals surface area contributed by atoms with Gasteiger partial charge in [-0.05, 0) is 68.0 Å². The molecule has 0 aliphatic carbocycles. The Labute approximate surface area is 168 Å². The summed E-state index contributed by atoms with van der Waals surface area (Å²) in [6, 6.07) is 0. The van der Waals surface area contributed by atoms with Gasteiger partial charge in [0.1, 0.15) is 0 Å². The smallest absolute Gasteiger partial charge is 0.458 e. The van der Waals surface area contributed by atoms with Gasteiger partial charge < -0.3 is 28.1 Å². The monoisotopic (exact) mass is 398 g/mol. The molecule has 0 bridgehead atoms. The number of rotatable bonds is 7. The molecule has 3 atom stereocenters. The zero-order valence-electron chi connectivity index (χ0n) is 18.1. The van der Waals surface area contributed by atoms with E-state index in [0.29, 0.717) is 12.7 Å². The second-order valence-electron chi connectivity index (χ2n) is 8.60. The summed E-state index contributed by atoms with van der Waals surface area (Å²) in [7, 11) is -1.06. The van der Waals surface area contributed by atoms with E-state index < -0.39 is 42.5 Å². The van der Waals surface area contributed by atoms with Gasteiger partial charge in [0, 0.05) is 0 Å². The van der Waals surface area contributed by atoms with Gasteiger partial charge in [-0.15, -0.1) is 0 Å². The van der Waals surface area contributed by atoms with Gasteiger partial charge in [0.2, 0.25) is 0 Å². The van der Waals surface area contributed by atoms with Crippen molar-refractivity contribution in [3.8, 4) is 0 Å². The fraction of sp³-hybridized carbons (Fsp3) is 0.889. The normalized spacial score (nSPS) is 29.6. The second-order valence-corrected chi connectivity index (χ2v) is 8.60. The Hall–Kier alpha value is -1.09. The Morgan fingerprint density at radius 1 is 0.929 bits per heavy atom. The fourth-order valence-corrected chi connectivity index (χ4v) is 3.42. The largest absolute Gasteiger partial charge is 0.461 e. The molecule has 0 aromatic carbocycles. The summed E-state index contributed by atoms with van der Waals surface area (Å²) in [4.78, 5) is 24.8. The molecule has 10 heteroatoms. The van der Waals surface area contributed by atoms with Crippen LogP contribution < -0.4 is 0 Å². The maximum Gasteiger partial charge on any atom is 0.458 e. The number of carbonyl (C=O) groups excluding carboxylic acids is 2. The Morgan fingerprint density at radius 2 is 1.39 bits per heavy atom. The van der Waals surface area contributed by atoms with Crippen molar-refractivity contribution in [2.75, 3.05) is 0 Å². The summed E-state index contributed by atoms with van der Waals surface area (Å²) >= 11 is 0. The Balaban J connectivity index is 2.05. The first kappa shape index (κ1) is 23.2. The SMILES string of the molecule is CB1OC(C)(C)C(C)(CCB2OC(C(=O)OC(C)C)C(C(=O)OC(C)C)O2)O1. The molecule has 28 heavy (non-hydrogen) atoms. The van der Waals surface area contributed by atoms with Crippen LogP contribution in [0.3, 0.4) is 0 Å². The summed E-state index contributed by atoms with van der Waals surface area (Å²) < 4.78 is 33.7. The number of ether oxygens (including phenoxy) is 2. The third-order valence-electron chi connectivity index (χ3n) is 5.06. The predicted octanol–water partition coefficient (Wildman–Crippen LogP) is 2.25. The van der Waals surface area contributed by atoms with Crippen LogP contribution in [0.2, 0.25) is 13.1 Å². The number of carbonyl (C=O) groups is 2. The molecule has 0 radical (unpaired) electrons. The topological polar surface area (TPSA) is 89.5 Å². The van der Waals surface area contributed by atoms with Crippen molar-refractivity contribution in [3.63, 3.8) is 0 Å². The van der Waals surface area contributed by atoms with E-state index in [-0.39, 0.29) is 19.3 Å². The Bertz CT molecular complexity index is 552. The average molecular weight is 398 g/mol. The first-order valence-electron chi connectivity index (χ1n) is 9.92. The van der Waals surface area contributed by atoms with E-state index >= 15 is 0 Å². The Kier molecular flexibility index (Phi) is 7.23. The molecule has 0 saturated carbocycles. The quantitative estimate of drug-likeness (QED) is 0.477. The molecule has 2 rings (SSSR count). The van der Waals surface area contributed by atoms with Crippen LogP contribution in [0.15, 0.2) is 0 Å². The minimum atomic E-state index is -1.15. The van der Waals surface area contributed by atoms with E-state index in [1.54, 1.807) is 27.7 Å². The highest BCUT2D eigenvalue weighted by Gasteiger charge is 2.54. The van der Waals surface area contributed by atoms with Crippen LogP contribution in [0.25, 0.3) is 0 Å². The van der Waals surface area contributed by atoms with Crippen molar-refractivity contribution < 1.29 is 37.7 Å². The van der Waals surface area contributed by atoms with Crippen LogP contribution in [0, 0.1) is 0 Å². The molecule has 8 nitrogen and oxygen atoms in total. The van der Waals surface area contributed by atoms with Crippen LogP contribution >= 0.6 is 0 Å². The average Bonchev–Trinajstić information content (AvgIpc) is 3.03. The van der Waals surface area contributed by atoms with Crippen molar-refractivity contribution in [1.29, 1.82) is 0 Å². The highest BCUT2D eigenvalue weighted by atomic mass is 16.7. The lowest BCUT2D eigenvalue weighted by molar-refractivity contribution is -0.167. The molecule has 0 aromatic rings. The van der Waals surface area contributed by atoms with Gasteiger partial charge in [-0.25, -0.2) is 9.59 Å². The molecule has 2 fully saturated rings. The molecular formula is C18H32B2O8. The first-order valence-corrected chi connectivity index (χ1v) is 9.92. The van der Waals surface area contributed by atoms with E-state index in [1.165, 1.54) is 0 Å². The van der Waals surface area contributed by atoms with Crippen molar-refractivity contribution in [2.24, 2.45) is 0 Å². The molecular weight excluding hydrogens is 366 g/mol. The molecule has 2 aliphatic rings. The van der Waals surface area contributed by atoms with Crippen LogP contribution in [-0.4, -0.2) is 61.8 Å². The minimum absolute atomic E-state index is 0.312. The molecule has 0 N–H and O–H groups in total. The molecule has 0 spiro atoms. The minimum Gasteiger partial charge on any atom is -0.461 e. The zero-order chi connectivity index (χ0) is 21.3. The molecule has 2 saturated heterocycles. The van der Waals surface area contributed by atoms with Gasteiger partial charge in [-0.3, -0.25) is 0 Å².